The van der Waals surface area contributed by atoms with E-state index >= 15 is 0 Å². The highest BCUT2D eigenvalue weighted by molar-refractivity contribution is 9.09. The number of amides is 1. The molecule has 0 unspecified atom stereocenters. The van der Waals surface area contributed by atoms with Crippen molar-refractivity contribution < 1.29 is 4.79 Å². The lowest BCUT2D eigenvalue weighted by molar-refractivity contribution is 0.0802. The highest BCUT2D eigenvalue weighted by atomic mass is 79.9. The topological polar surface area (TPSA) is 38.1 Å². The van der Waals surface area contributed by atoms with E-state index in [9.17, 15) is 4.79 Å². The van der Waals surface area contributed by atoms with Crippen molar-refractivity contribution in [2.45, 2.75) is 13.8 Å². The fourth-order valence-corrected chi connectivity index (χ4v) is 2.03. The first kappa shape index (κ1) is 12.2. The molecule has 1 aromatic heterocycles. The Balaban J connectivity index is 3.00. The van der Waals surface area contributed by atoms with E-state index in [4.69, 9.17) is 0 Å². The number of alkyl halides is 1. The molecular formula is C10H16BrN3O. The third kappa shape index (κ3) is 2.40. The summed E-state index contributed by atoms with van der Waals surface area (Å²) >= 11 is 3.32. The Morgan fingerprint density at radius 3 is 2.53 bits per heavy atom. The van der Waals surface area contributed by atoms with Gasteiger partial charge in [-0.15, -0.1) is 0 Å². The summed E-state index contributed by atoms with van der Waals surface area (Å²) in [5.74, 6) is 0.0394. The molecule has 1 amide bonds. The number of nitrogens with zero attached hydrogens (tertiary/aromatic N) is 3. The zero-order chi connectivity index (χ0) is 11.6. The number of hydrogen-bond acceptors (Lipinski definition) is 2. The van der Waals surface area contributed by atoms with E-state index in [1.165, 1.54) is 0 Å². The largest absolute Gasteiger partial charge is 0.341 e. The summed E-state index contributed by atoms with van der Waals surface area (Å²) in [5, 5.41) is 5.02. The molecule has 0 aliphatic heterocycles. The van der Waals surface area contributed by atoms with Crippen LogP contribution in [0.1, 0.15) is 21.7 Å². The minimum Gasteiger partial charge on any atom is -0.341 e. The van der Waals surface area contributed by atoms with E-state index in [2.05, 4.69) is 21.0 Å². The van der Waals surface area contributed by atoms with Gasteiger partial charge in [-0.3, -0.25) is 9.48 Å². The average Bonchev–Trinajstić information content (AvgIpc) is 2.41. The SMILES string of the molecule is Cc1nn(C)c(C)c1C(=O)N(C)CCBr. The first-order valence-corrected chi connectivity index (χ1v) is 5.92. The van der Waals surface area contributed by atoms with E-state index in [1.54, 1.807) is 16.6 Å². The zero-order valence-electron chi connectivity index (χ0n) is 9.54. The van der Waals surface area contributed by atoms with Crippen molar-refractivity contribution in [3.8, 4) is 0 Å². The van der Waals surface area contributed by atoms with E-state index in [1.807, 2.05) is 20.9 Å². The van der Waals surface area contributed by atoms with Crippen LogP contribution in [-0.2, 0) is 7.05 Å². The predicted octanol–water partition coefficient (Wildman–Crippen LogP) is 1.50. The molecule has 1 heterocycles. The minimum atomic E-state index is 0.0394. The van der Waals surface area contributed by atoms with Crippen molar-refractivity contribution in [2.75, 3.05) is 18.9 Å². The van der Waals surface area contributed by atoms with Crippen LogP contribution in [0.15, 0.2) is 0 Å². The summed E-state index contributed by atoms with van der Waals surface area (Å²) < 4.78 is 1.74. The Labute approximate surface area is 98.4 Å². The van der Waals surface area contributed by atoms with Gasteiger partial charge < -0.3 is 4.90 Å². The number of aromatic nitrogens is 2. The number of carbonyl (C=O) groups is 1. The molecular weight excluding hydrogens is 258 g/mol. The highest BCUT2D eigenvalue weighted by Crippen LogP contribution is 2.13. The summed E-state index contributed by atoms with van der Waals surface area (Å²) in [6, 6.07) is 0. The van der Waals surface area contributed by atoms with Gasteiger partial charge in [0.2, 0.25) is 0 Å². The third-order valence-corrected chi connectivity index (χ3v) is 2.84. The quantitative estimate of drug-likeness (QED) is 0.783. The fraction of sp³-hybridized carbons (Fsp3) is 0.600. The molecule has 5 heteroatoms. The molecule has 0 atom stereocenters. The second kappa shape index (κ2) is 4.79. The highest BCUT2D eigenvalue weighted by Gasteiger charge is 2.19. The Morgan fingerprint density at radius 1 is 1.53 bits per heavy atom. The van der Waals surface area contributed by atoms with Crippen LogP contribution in [0.3, 0.4) is 0 Å². The van der Waals surface area contributed by atoms with Crippen molar-refractivity contribution in [1.82, 2.24) is 14.7 Å². The summed E-state index contributed by atoms with van der Waals surface area (Å²) in [7, 11) is 3.65. The molecule has 0 saturated heterocycles. The fourth-order valence-electron chi connectivity index (χ4n) is 1.50. The zero-order valence-corrected chi connectivity index (χ0v) is 11.1. The van der Waals surface area contributed by atoms with Crippen LogP contribution < -0.4 is 0 Å². The molecule has 0 aliphatic carbocycles. The molecule has 0 N–H and O–H groups in total. The number of aryl methyl sites for hydroxylation is 2. The maximum Gasteiger partial charge on any atom is 0.257 e. The van der Waals surface area contributed by atoms with Crippen LogP contribution >= 0.6 is 15.9 Å². The van der Waals surface area contributed by atoms with Gasteiger partial charge >= 0.3 is 0 Å². The normalized spacial score (nSPS) is 10.5. The Bertz CT molecular complexity index is 373. The number of halogens is 1. The van der Waals surface area contributed by atoms with E-state index < -0.39 is 0 Å². The lowest BCUT2D eigenvalue weighted by Gasteiger charge is -2.15. The van der Waals surface area contributed by atoms with Crippen LogP contribution in [0.2, 0.25) is 0 Å². The summed E-state index contributed by atoms with van der Waals surface area (Å²) in [4.78, 5) is 13.7. The maximum absolute atomic E-state index is 12.0. The van der Waals surface area contributed by atoms with Gasteiger partial charge in [-0.25, -0.2) is 0 Å². The number of rotatable bonds is 3. The second-order valence-electron chi connectivity index (χ2n) is 3.59. The molecule has 0 bridgehead atoms. The van der Waals surface area contributed by atoms with E-state index in [-0.39, 0.29) is 5.91 Å². The molecule has 15 heavy (non-hydrogen) atoms. The van der Waals surface area contributed by atoms with E-state index in [0.29, 0.717) is 6.54 Å². The molecule has 0 aliphatic rings. The monoisotopic (exact) mass is 273 g/mol. The van der Waals surface area contributed by atoms with Crippen molar-refractivity contribution in [2.24, 2.45) is 7.05 Å². The first-order valence-electron chi connectivity index (χ1n) is 4.80. The van der Waals surface area contributed by atoms with Gasteiger partial charge in [-0.05, 0) is 13.8 Å². The summed E-state index contributed by atoms with van der Waals surface area (Å²) in [5.41, 5.74) is 2.43. The average molecular weight is 274 g/mol. The molecule has 0 spiro atoms. The van der Waals surface area contributed by atoms with Crippen molar-refractivity contribution in [3.63, 3.8) is 0 Å². The van der Waals surface area contributed by atoms with E-state index in [0.717, 1.165) is 22.3 Å². The maximum atomic E-state index is 12.0. The molecule has 0 fully saturated rings. The second-order valence-corrected chi connectivity index (χ2v) is 4.38. The molecule has 1 aromatic rings. The minimum absolute atomic E-state index is 0.0394. The van der Waals surface area contributed by atoms with Gasteiger partial charge in [-0.2, -0.15) is 5.10 Å². The molecule has 0 radical (unpaired) electrons. The van der Waals surface area contributed by atoms with Crippen LogP contribution in [0, 0.1) is 13.8 Å². The van der Waals surface area contributed by atoms with Gasteiger partial charge in [0.15, 0.2) is 0 Å². The molecule has 0 saturated carbocycles. The van der Waals surface area contributed by atoms with Crippen molar-refractivity contribution in [1.29, 1.82) is 0 Å². The Hall–Kier alpha value is -0.840. The molecule has 0 aromatic carbocycles. The summed E-state index contributed by atoms with van der Waals surface area (Å²) in [6.07, 6.45) is 0. The van der Waals surface area contributed by atoms with Crippen molar-refractivity contribution >= 4 is 21.8 Å². The first-order chi connectivity index (χ1) is 6.99. The number of carbonyl (C=O) groups excluding carboxylic acids is 1. The number of hydrogen-bond donors (Lipinski definition) is 0. The summed E-state index contributed by atoms with van der Waals surface area (Å²) in [6.45, 7) is 4.48. The van der Waals surface area contributed by atoms with Crippen LogP contribution in [0.4, 0.5) is 0 Å². The van der Waals surface area contributed by atoms with Gasteiger partial charge in [0, 0.05) is 31.7 Å². The standard InChI is InChI=1S/C10H16BrN3O/c1-7-9(8(2)14(4)12-7)10(15)13(3)6-5-11/h5-6H2,1-4H3. The van der Waals surface area contributed by atoms with Crippen molar-refractivity contribution in [3.05, 3.63) is 17.0 Å². The predicted molar refractivity (Wildman–Crippen MR) is 63.4 cm³/mol. The van der Waals surface area contributed by atoms with Crippen LogP contribution in [0.25, 0.3) is 0 Å². The van der Waals surface area contributed by atoms with Gasteiger partial charge in [0.25, 0.3) is 5.91 Å². The van der Waals surface area contributed by atoms with Gasteiger partial charge in [-0.1, -0.05) is 15.9 Å². The van der Waals surface area contributed by atoms with Crippen LogP contribution in [0.5, 0.6) is 0 Å². The molecule has 4 nitrogen and oxygen atoms in total. The lowest BCUT2D eigenvalue weighted by atomic mass is 10.2. The Morgan fingerprint density at radius 2 is 2.13 bits per heavy atom. The van der Waals surface area contributed by atoms with Gasteiger partial charge in [0.05, 0.1) is 11.3 Å². The van der Waals surface area contributed by atoms with Gasteiger partial charge in [0.1, 0.15) is 0 Å². The molecule has 84 valence electrons. The Kier molecular flexibility index (Phi) is 3.90. The smallest absolute Gasteiger partial charge is 0.257 e. The molecule has 1 rings (SSSR count). The van der Waals surface area contributed by atoms with Crippen LogP contribution in [-0.4, -0.2) is 39.5 Å². The lowest BCUT2D eigenvalue weighted by Crippen LogP contribution is -2.29. The third-order valence-electron chi connectivity index (χ3n) is 2.49.